The van der Waals surface area contributed by atoms with Crippen molar-refractivity contribution < 1.29 is 17.2 Å². The average molecular weight is 237 g/mol. The maximum absolute atomic E-state index is 10.2. The lowest BCUT2D eigenvalue weighted by molar-refractivity contribution is 0.181. The third-order valence-electron chi connectivity index (χ3n) is 2.25. The topological polar surface area (TPSA) is 66.4 Å². The predicted octanol–water partition coefficient (Wildman–Crippen LogP) is 2.60. The Labute approximate surface area is 93.0 Å². The smallest absolute Gasteiger partial charge is 0.217 e. The Kier molecular flexibility index (Phi) is 8.00. The Balaban J connectivity index is 3.36. The second kappa shape index (κ2) is 8.07. The van der Waals surface area contributed by atoms with Gasteiger partial charge in [-0.2, -0.15) is 0 Å². The molecule has 0 amide bonds. The van der Waals surface area contributed by atoms with E-state index in [-0.39, 0.29) is 0 Å². The lowest BCUT2D eigenvalue weighted by Crippen LogP contribution is -2.14. The summed E-state index contributed by atoms with van der Waals surface area (Å²) >= 11 is 0. The Morgan fingerprint density at radius 1 is 1.13 bits per heavy atom. The molecule has 4 nitrogen and oxygen atoms in total. The molecule has 5 heteroatoms. The van der Waals surface area contributed by atoms with Crippen LogP contribution in [0.2, 0.25) is 0 Å². The lowest BCUT2D eigenvalue weighted by Gasteiger charge is -2.14. The largest absolute Gasteiger partial charge is 0.726 e. The molecule has 0 fully saturated rings. The second-order valence-corrected chi connectivity index (χ2v) is 4.88. The van der Waals surface area contributed by atoms with E-state index in [2.05, 4.69) is 11.1 Å². The molecule has 0 aliphatic carbocycles. The van der Waals surface area contributed by atoms with Crippen LogP contribution in [0.4, 0.5) is 0 Å². The van der Waals surface area contributed by atoms with Gasteiger partial charge in [-0.15, -0.1) is 0 Å². The van der Waals surface area contributed by atoms with Crippen molar-refractivity contribution in [2.24, 2.45) is 0 Å². The highest BCUT2D eigenvalue weighted by Gasteiger charge is 2.05. The fourth-order valence-corrected chi connectivity index (χ4v) is 1.96. The molecular formula is C10H21O4S-. The summed E-state index contributed by atoms with van der Waals surface area (Å²) in [5.74, 6) is 0. The van der Waals surface area contributed by atoms with Crippen molar-refractivity contribution in [1.82, 2.24) is 0 Å². The van der Waals surface area contributed by atoms with Gasteiger partial charge in [-0.25, -0.2) is 8.42 Å². The van der Waals surface area contributed by atoms with Crippen LogP contribution >= 0.6 is 0 Å². The summed E-state index contributed by atoms with van der Waals surface area (Å²) in [6.45, 7) is 3.77. The average Bonchev–Trinajstić information content (AvgIpc) is 2.08. The van der Waals surface area contributed by atoms with Crippen molar-refractivity contribution in [2.75, 3.05) is 0 Å². The molecule has 0 bridgehead atoms. The fourth-order valence-electron chi connectivity index (χ4n) is 1.46. The quantitative estimate of drug-likeness (QED) is 0.351. The van der Waals surface area contributed by atoms with E-state index < -0.39 is 16.5 Å². The maximum atomic E-state index is 10.2. The predicted molar refractivity (Wildman–Crippen MR) is 58.2 cm³/mol. The van der Waals surface area contributed by atoms with Gasteiger partial charge in [0, 0.05) is 0 Å². The monoisotopic (exact) mass is 237 g/mol. The minimum Gasteiger partial charge on any atom is -0.726 e. The van der Waals surface area contributed by atoms with E-state index in [0.717, 1.165) is 12.8 Å². The Morgan fingerprint density at radius 2 is 1.67 bits per heavy atom. The minimum absolute atomic E-state index is 0.487. The molecule has 15 heavy (non-hydrogen) atoms. The highest BCUT2D eigenvalue weighted by molar-refractivity contribution is 7.80. The molecule has 0 radical (unpaired) electrons. The van der Waals surface area contributed by atoms with Crippen LogP contribution in [0, 0.1) is 0 Å². The molecule has 0 aromatic rings. The highest BCUT2D eigenvalue weighted by atomic mass is 32.3. The molecule has 1 unspecified atom stereocenters. The first kappa shape index (κ1) is 14.9. The van der Waals surface area contributed by atoms with E-state index in [9.17, 15) is 13.0 Å². The van der Waals surface area contributed by atoms with Gasteiger partial charge in [0.05, 0.1) is 6.10 Å². The Hall–Kier alpha value is -0.130. The Bertz CT molecular complexity index is 236. The van der Waals surface area contributed by atoms with E-state index in [0.29, 0.717) is 6.42 Å². The van der Waals surface area contributed by atoms with Crippen LogP contribution in [0.25, 0.3) is 0 Å². The standard InChI is InChI=1S/C10H22O4S/c1-3-4-5-6-7-8-9-10(2)14-15(11,12)13/h10H,3-9H2,1-2H3,(H,11,12,13)/p-1. The van der Waals surface area contributed by atoms with Crippen LogP contribution < -0.4 is 0 Å². The molecule has 0 saturated heterocycles. The SMILES string of the molecule is CCCCCCCCC(C)OS(=O)(=O)[O-]. The van der Waals surface area contributed by atoms with Crippen molar-refractivity contribution in [1.29, 1.82) is 0 Å². The molecule has 0 spiro atoms. The van der Waals surface area contributed by atoms with E-state index in [4.69, 9.17) is 0 Å². The van der Waals surface area contributed by atoms with Gasteiger partial charge in [-0.05, 0) is 13.3 Å². The summed E-state index contributed by atoms with van der Waals surface area (Å²) in [4.78, 5) is 0. The molecule has 0 aromatic heterocycles. The lowest BCUT2D eigenvalue weighted by atomic mass is 10.1. The van der Waals surface area contributed by atoms with Crippen LogP contribution in [-0.2, 0) is 14.6 Å². The summed E-state index contributed by atoms with van der Waals surface area (Å²) < 4.78 is 35.0. The first-order valence-corrected chi connectivity index (χ1v) is 6.93. The van der Waals surface area contributed by atoms with Crippen molar-refractivity contribution in [3.05, 3.63) is 0 Å². The van der Waals surface area contributed by atoms with E-state index in [1.807, 2.05) is 0 Å². The molecule has 92 valence electrons. The van der Waals surface area contributed by atoms with Crippen molar-refractivity contribution >= 4 is 10.4 Å². The molecule has 0 aliphatic rings. The molecular weight excluding hydrogens is 216 g/mol. The summed E-state index contributed by atoms with van der Waals surface area (Å²) in [6.07, 6.45) is 7.00. The molecule has 0 N–H and O–H groups in total. The van der Waals surface area contributed by atoms with Crippen molar-refractivity contribution in [2.45, 2.75) is 64.9 Å². The molecule has 0 aliphatic heterocycles. The molecule has 0 saturated carbocycles. The number of hydrogen-bond acceptors (Lipinski definition) is 4. The van der Waals surface area contributed by atoms with Gasteiger partial charge in [0.1, 0.15) is 0 Å². The third kappa shape index (κ3) is 11.8. The zero-order valence-electron chi connectivity index (χ0n) is 9.57. The molecule has 1 atom stereocenters. The van der Waals surface area contributed by atoms with E-state index in [1.165, 1.54) is 25.7 Å². The van der Waals surface area contributed by atoms with Crippen LogP contribution in [0.3, 0.4) is 0 Å². The summed E-state index contributed by atoms with van der Waals surface area (Å²) in [6, 6.07) is 0. The van der Waals surface area contributed by atoms with Gasteiger partial charge in [0.15, 0.2) is 0 Å². The third-order valence-corrected chi connectivity index (χ3v) is 2.81. The molecule has 0 rings (SSSR count). The second-order valence-electron chi connectivity index (χ2n) is 3.87. The van der Waals surface area contributed by atoms with Gasteiger partial charge in [-0.3, -0.25) is 4.18 Å². The van der Waals surface area contributed by atoms with E-state index in [1.54, 1.807) is 6.92 Å². The van der Waals surface area contributed by atoms with Gasteiger partial charge in [0.25, 0.3) is 0 Å². The highest BCUT2D eigenvalue weighted by Crippen LogP contribution is 2.11. The number of unbranched alkanes of at least 4 members (excludes halogenated alkanes) is 5. The molecule has 0 aromatic carbocycles. The van der Waals surface area contributed by atoms with Gasteiger partial charge in [0.2, 0.25) is 10.4 Å². The molecule has 0 heterocycles. The van der Waals surface area contributed by atoms with Crippen LogP contribution in [0.15, 0.2) is 0 Å². The minimum atomic E-state index is -4.52. The van der Waals surface area contributed by atoms with Gasteiger partial charge in [-0.1, -0.05) is 45.4 Å². The van der Waals surface area contributed by atoms with Crippen LogP contribution in [0.1, 0.15) is 58.8 Å². The van der Waals surface area contributed by atoms with Crippen LogP contribution in [-0.4, -0.2) is 19.1 Å². The number of hydrogen-bond donors (Lipinski definition) is 0. The zero-order chi connectivity index (χ0) is 11.7. The summed E-state index contributed by atoms with van der Waals surface area (Å²) in [7, 11) is -4.52. The van der Waals surface area contributed by atoms with Crippen molar-refractivity contribution in [3.63, 3.8) is 0 Å². The number of rotatable bonds is 9. The first-order chi connectivity index (χ1) is 6.95. The zero-order valence-corrected chi connectivity index (χ0v) is 10.4. The fraction of sp³-hybridized carbons (Fsp3) is 1.00. The normalized spacial score (nSPS) is 14.1. The van der Waals surface area contributed by atoms with Gasteiger partial charge < -0.3 is 4.55 Å². The van der Waals surface area contributed by atoms with Crippen LogP contribution in [0.5, 0.6) is 0 Å². The van der Waals surface area contributed by atoms with E-state index >= 15 is 0 Å². The first-order valence-electron chi connectivity index (χ1n) is 5.60. The van der Waals surface area contributed by atoms with Gasteiger partial charge >= 0.3 is 0 Å². The maximum Gasteiger partial charge on any atom is 0.217 e. The summed E-state index contributed by atoms with van der Waals surface area (Å²) in [5, 5.41) is 0. The summed E-state index contributed by atoms with van der Waals surface area (Å²) in [5.41, 5.74) is 0. The van der Waals surface area contributed by atoms with Crippen molar-refractivity contribution in [3.8, 4) is 0 Å². The Morgan fingerprint density at radius 3 is 2.20 bits per heavy atom.